The summed E-state index contributed by atoms with van der Waals surface area (Å²) in [4.78, 5) is 0. The molecule has 0 fully saturated rings. The zero-order chi connectivity index (χ0) is 26.3. The molecule has 3 aromatic carbocycles. The highest BCUT2D eigenvalue weighted by Crippen LogP contribution is 2.31. The molecule has 0 saturated heterocycles. The van der Waals surface area contributed by atoms with Crippen LogP contribution in [0.1, 0.15) is 35.3 Å². The molecule has 0 unspecified atom stereocenters. The lowest BCUT2D eigenvalue weighted by atomic mass is 10.0. The molecule has 0 bridgehead atoms. The average Bonchev–Trinajstić information content (AvgIpc) is 2.90. The van der Waals surface area contributed by atoms with Crippen molar-refractivity contribution in [3.63, 3.8) is 0 Å². The van der Waals surface area contributed by atoms with E-state index in [-0.39, 0.29) is 18.7 Å². The molecule has 0 spiro atoms. The molecule has 2 atom stereocenters. The first-order chi connectivity index (χ1) is 17.2. The number of benzene rings is 3. The van der Waals surface area contributed by atoms with Crippen LogP contribution in [0.3, 0.4) is 0 Å². The van der Waals surface area contributed by atoms with Gasteiger partial charge < -0.3 is 14.2 Å². The second kappa shape index (κ2) is 12.0. The van der Waals surface area contributed by atoms with Crippen LogP contribution >= 0.6 is 0 Å². The van der Waals surface area contributed by atoms with Crippen molar-refractivity contribution in [2.24, 2.45) is 0 Å². The number of ether oxygens (including phenoxy) is 3. The van der Waals surface area contributed by atoms with Gasteiger partial charge in [0.05, 0.1) is 25.9 Å². The molecule has 3 rings (SSSR count). The smallest absolute Gasteiger partial charge is 0.220 e. The molecule has 0 radical (unpaired) electrons. The van der Waals surface area contributed by atoms with E-state index in [0.717, 1.165) is 17.2 Å². The van der Waals surface area contributed by atoms with E-state index in [1.807, 2.05) is 30.3 Å². The Morgan fingerprint density at radius 1 is 0.889 bits per heavy atom. The second-order valence-corrected chi connectivity index (χ2v) is 10.5. The predicted octanol–water partition coefficient (Wildman–Crippen LogP) is 4.82. The van der Waals surface area contributed by atoms with E-state index in [0.29, 0.717) is 17.1 Å². The standard InChI is InChI=1S/C27H29FN2O5S/c1-19(27(35-4)26-14-9-23(28)15-22(26)16-29)36(31,32)30(17-20-5-10-24(33-2)11-6-20)18-21-7-12-25(34-3)13-8-21/h5-15,19,27H,17-18H2,1-4H3/t19-,27-/m1/s1. The van der Waals surface area contributed by atoms with E-state index in [1.165, 1.54) is 30.5 Å². The molecular formula is C27H29FN2O5S. The molecule has 0 aliphatic carbocycles. The Balaban J connectivity index is 1.99. The number of hydrogen-bond acceptors (Lipinski definition) is 6. The number of halogens is 1. The lowest BCUT2D eigenvalue weighted by Crippen LogP contribution is -2.40. The third-order valence-corrected chi connectivity index (χ3v) is 8.15. The predicted molar refractivity (Wildman–Crippen MR) is 134 cm³/mol. The molecular weight excluding hydrogens is 483 g/mol. The van der Waals surface area contributed by atoms with E-state index < -0.39 is 27.2 Å². The molecule has 3 aromatic rings. The Hall–Kier alpha value is -3.45. The van der Waals surface area contributed by atoms with Gasteiger partial charge in [-0.05, 0) is 54.4 Å². The summed E-state index contributed by atoms with van der Waals surface area (Å²) in [7, 11) is 0.518. The third-order valence-electron chi connectivity index (χ3n) is 5.99. The van der Waals surface area contributed by atoms with Crippen molar-refractivity contribution in [2.75, 3.05) is 21.3 Å². The Bertz CT molecular complexity index is 1260. The molecule has 0 heterocycles. The third kappa shape index (κ3) is 6.21. The minimum atomic E-state index is -3.98. The normalized spacial score (nSPS) is 13.1. The number of methoxy groups -OCH3 is 3. The van der Waals surface area contributed by atoms with Crippen LogP contribution in [0.2, 0.25) is 0 Å². The van der Waals surface area contributed by atoms with Gasteiger partial charge in [-0.25, -0.2) is 12.8 Å². The highest BCUT2D eigenvalue weighted by Gasteiger charge is 2.37. The Labute approximate surface area is 211 Å². The Kier molecular flexibility index (Phi) is 9.04. The van der Waals surface area contributed by atoms with Crippen molar-refractivity contribution in [2.45, 2.75) is 31.4 Å². The van der Waals surface area contributed by atoms with Crippen LogP contribution in [0.15, 0.2) is 66.7 Å². The van der Waals surface area contributed by atoms with Crippen molar-refractivity contribution >= 4 is 10.0 Å². The monoisotopic (exact) mass is 512 g/mol. The topological polar surface area (TPSA) is 88.9 Å². The summed E-state index contributed by atoms with van der Waals surface area (Å²) >= 11 is 0. The summed E-state index contributed by atoms with van der Waals surface area (Å²) in [6, 6.07) is 19.9. The maximum atomic E-state index is 14.0. The molecule has 0 aliphatic heterocycles. The number of nitrogens with zero attached hydrogens (tertiary/aromatic N) is 2. The molecule has 36 heavy (non-hydrogen) atoms. The molecule has 7 nitrogen and oxygen atoms in total. The second-order valence-electron chi connectivity index (χ2n) is 8.21. The molecule has 9 heteroatoms. The van der Waals surface area contributed by atoms with Crippen LogP contribution in [0.4, 0.5) is 4.39 Å². The van der Waals surface area contributed by atoms with Crippen molar-refractivity contribution in [1.29, 1.82) is 5.26 Å². The van der Waals surface area contributed by atoms with Gasteiger partial charge in [0.25, 0.3) is 0 Å². The van der Waals surface area contributed by atoms with E-state index in [1.54, 1.807) is 38.5 Å². The Morgan fingerprint density at radius 2 is 1.39 bits per heavy atom. The molecule has 0 aliphatic rings. The summed E-state index contributed by atoms with van der Waals surface area (Å²) in [6.07, 6.45) is -0.987. The van der Waals surface area contributed by atoms with Crippen molar-refractivity contribution < 1.29 is 27.0 Å². The maximum Gasteiger partial charge on any atom is 0.220 e. The largest absolute Gasteiger partial charge is 0.497 e. The van der Waals surface area contributed by atoms with Gasteiger partial charge in [0, 0.05) is 25.8 Å². The van der Waals surface area contributed by atoms with Gasteiger partial charge in [-0.2, -0.15) is 9.57 Å². The summed E-state index contributed by atoms with van der Waals surface area (Å²) in [5, 5.41) is 8.43. The van der Waals surface area contributed by atoms with Crippen LogP contribution < -0.4 is 9.47 Å². The fourth-order valence-electron chi connectivity index (χ4n) is 3.94. The first kappa shape index (κ1) is 27.1. The number of nitriles is 1. The SMILES string of the molecule is COc1ccc(CN(Cc2ccc(OC)cc2)S(=O)(=O)[C@H](C)[C@@H](OC)c2ccc(F)cc2C#N)cc1. The lowest BCUT2D eigenvalue weighted by molar-refractivity contribution is 0.100. The van der Waals surface area contributed by atoms with Gasteiger partial charge in [0.1, 0.15) is 28.7 Å². The number of sulfonamides is 1. The molecule has 0 aromatic heterocycles. The van der Waals surface area contributed by atoms with Crippen LogP contribution in [0.25, 0.3) is 0 Å². The molecule has 0 amide bonds. The molecule has 190 valence electrons. The minimum absolute atomic E-state index is 0.0285. The van der Waals surface area contributed by atoms with Crippen LogP contribution in [0.5, 0.6) is 11.5 Å². The maximum absolute atomic E-state index is 14.0. The zero-order valence-corrected chi connectivity index (χ0v) is 21.5. The first-order valence-electron chi connectivity index (χ1n) is 11.2. The van der Waals surface area contributed by atoms with Crippen molar-refractivity contribution in [3.8, 4) is 17.6 Å². The summed E-state index contributed by atoms with van der Waals surface area (Å²) in [6.45, 7) is 1.74. The number of rotatable bonds is 11. The molecule has 0 saturated carbocycles. The van der Waals surface area contributed by atoms with E-state index in [9.17, 15) is 18.1 Å². The quantitative estimate of drug-likeness (QED) is 0.366. The van der Waals surface area contributed by atoms with Gasteiger partial charge in [0.15, 0.2) is 0 Å². The van der Waals surface area contributed by atoms with E-state index in [2.05, 4.69) is 0 Å². The van der Waals surface area contributed by atoms with Crippen molar-refractivity contribution in [3.05, 3.63) is 94.8 Å². The van der Waals surface area contributed by atoms with Gasteiger partial charge in [-0.1, -0.05) is 30.3 Å². The summed E-state index contributed by atoms with van der Waals surface area (Å²) in [5.74, 6) is 0.745. The van der Waals surface area contributed by atoms with Crippen LogP contribution in [0, 0.1) is 17.1 Å². The lowest BCUT2D eigenvalue weighted by Gasteiger charge is -2.30. The van der Waals surface area contributed by atoms with Crippen molar-refractivity contribution in [1.82, 2.24) is 4.31 Å². The Morgan fingerprint density at radius 3 is 1.81 bits per heavy atom. The summed E-state index contributed by atoms with van der Waals surface area (Å²) in [5.41, 5.74) is 1.88. The van der Waals surface area contributed by atoms with Crippen LogP contribution in [-0.2, 0) is 27.8 Å². The van der Waals surface area contributed by atoms with Gasteiger partial charge in [0.2, 0.25) is 10.0 Å². The highest BCUT2D eigenvalue weighted by molar-refractivity contribution is 7.89. The zero-order valence-electron chi connectivity index (χ0n) is 20.6. The number of hydrogen-bond donors (Lipinski definition) is 0. The minimum Gasteiger partial charge on any atom is -0.497 e. The first-order valence-corrected chi connectivity index (χ1v) is 12.7. The summed E-state index contributed by atoms with van der Waals surface area (Å²) < 4.78 is 59.0. The van der Waals surface area contributed by atoms with Gasteiger partial charge in [-0.3, -0.25) is 0 Å². The fraction of sp³-hybridized carbons (Fsp3) is 0.296. The highest BCUT2D eigenvalue weighted by atomic mass is 32.2. The molecule has 0 N–H and O–H groups in total. The fourth-order valence-corrected chi connectivity index (χ4v) is 5.64. The van der Waals surface area contributed by atoms with Gasteiger partial charge >= 0.3 is 0 Å². The van der Waals surface area contributed by atoms with Crippen LogP contribution in [-0.4, -0.2) is 39.3 Å². The van der Waals surface area contributed by atoms with Gasteiger partial charge in [-0.15, -0.1) is 0 Å². The van der Waals surface area contributed by atoms with E-state index >= 15 is 0 Å². The average molecular weight is 513 g/mol. The van der Waals surface area contributed by atoms with E-state index in [4.69, 9.17) is 14.2 Å².